The summed E-state index contributed by atoms with van der Waals surface area (Å²) in [6.45, 7) is 7.60. The zero-order chi connectivity index (χ0) is 23.2. The number of aromatic nitrogens is 4. The first-order chi connectivity index (χ1) is 16.0. The Morgan fingerprint density at radius 3 is 2.70 bits per heavy atom. The molecule has 0 amide bonds. The molecule has 174 valence electrons. The lowest BCUT2D eigenvalue weighted by Gasteiger charge is -2.30. The fraction of sp³-hybridized carbons (Fsp3) is 0.458. The molecule has 0 radical (unpaired) electrons. The van der Waals surface area contributed by atoms with Gasteiger partial charge in [0.2, 0.25) is 11.8 Å². The van der Waals surface area contributed by atoms with Gasteiger partial charge < -0.3 is 14.2 Å². The molecule has 9 heteroatoms. The quantitative estimate of drug-likeness (QED) is 0.478. The van der Waals surface area contributed by atoms with Gasteiger partial charge in [0.1, 0.15) is 0 Å². The normalized spacial score (nSPS) is 14.9. The van der Waals surface area contributed by atoms with Crippen LogP contribution in [0.25, 0.3) is 0 Å². The highest BCUT2D eigenvalue weighted by molar-refractivity contribution is 5.88. The summed E-state index contributed by atoms with van der Waals surface area (Å²) in [5.41, 5.74) is 2.98. The number of anilines is 1. The second-order valence-corrected chi connectivity index (χ2v) is 8.43. The summed E-state index contributed by atoms with van der Waals surface area (Å²) in [7, 11) is 1.84. The molecule has 0 atom stereocenters. The molecular weight excluding hydrogens is 420 g/mol. The van der Waals surface area contributed by atoms with Crippen molar-refractivity contribution in [1.29, 1.82) is 0 Å². The van der Waals surface area contributed by atoms with Crippen molar-refractivity contribution in [3.63, 3.8) is 0 Å². The number of benzene rings is 1. The highest BCUT2D eigenvalue weighted by atomic mass is 16.5. The molecule has 33 heavy (non-hydrogen) atoms. The van der Waals surface area contributed by atoms with Crippen LogP contribution in [0.15, 0.2) is 41.2 Å². The number of aryl methyl sites for hydroxylation is 1. The minimum atomic E-state index is -0.432. The maximum atomic E-state index is 11.7. The monoisotopic (exact) mass is 450 g/mol. The molecule has 0 spiro atoms. The van der Waals surface area contributed by atoms with Gasteiger partial charge in [-0.1, -0.05) is 35.0 Å². The molecule has 9 nitrogen and oxygen atoms in total. The van der Waals surface area contributed by atoms with Gasteiger partial charge in [0.05, 0.1) is 18.7 Å². The zero-order valence-electron chi connectivity index (χ0n) is 19.4. The van der Waals surface area contributed by atoms with Gasteiger partial charge in [0.25, 0.3) is 0 Å². The Balaban J connectivity index is 1.29. The molecule has 4 rings (SSSR count). The van der Waals surface area contributed by atoms with Crippen molar-refractivity contribution in [2.24, 2.45) is 0 Å². The van der Waals surface area contributed by atoms with E-state index < -0.39 is 5.97 Å². The Morgan fingerprint density at radius 1 is 1.24 bits per heavy atom. The average molecular weight is 451 g/mol. The van der Waals surface area contributed by atoms with Gasteiger partial charge in [0, 0.05) is 31.9 Å². The fourth-order valence-corrected chi connectivity index (χ4v) is 4.03. The molecule has 1 fully saturated rings. The molecule has 1 aliphatic heterocycles. The van der Waals surface area contributed by atoms with Gasteiger partial charge in [0.15, 0.2) is 5.82 Å². The Bertz CT molecular complexity index is 1060. The number of nitrogens with zero attached hydrogens (tertiary/aromatic N) is 6. The van der Waals surface area contributed by atoms with Gasteiger partial charge in [-0.15, -0.1) is 0 Å². The van der Waals surface area contributed by atoms with Gasteiger partial charge in [-0.3, -0.25) is 4.90 Å². The largest absolute Gasteiger partial charge is 0.462 e. The Hall–Kier alpha value is -3.33. The van der Waals surface area contributed by atoms with E-state index >= 15 is 0 Å². The molecule has 1 saturated heterocycles. The predicted molar refractivity (Wildman–Crippen MR) is 123 cm³/mol. The van der Waals surface area contributed by atoms with Gasteiger partial charge >= 0.3 is 5.97 Å². The maximum Gasteiger partial charge on any atom is 0.341 e. The lowest BCUT2D eigenvalue weighted by Crippen LogP contribution is -2.32. The van der Waals surface area contributed by atoms with Crippen LogP contribution >= 0.6 is 0 Å². The minimum Gasteiger partial charge on any atom is -0.462 e. The van der Waals surface area contributed by atoms with E-state index in [1.165, 1.54) is 23.5 Å². The summed E-state index contributed by atoms with van der Waals surface area (Å²) in [6, 6.07) is 8.69. The second-order valence-electron chi connectivity index (χ2n) is 8.43. The van der Waals surface area contributed by atoms with Gasteiger partial charge in [-0.05, 0) is 45.3 Å². The maximum absolute atomic E-state index is 11.7. The zero-order valence-corrected chi connectivity index (χ0v) is 19.4. The lowest BCUT2D eigenvalue weighted by molar-refractivity contribution is 0.0525. The molecule has 0 N–H and O–H groups in total. The molecule has 3 aromatic rings. The number of hydrogen-bond donors (Lipinski definition) is 0. The highest BCUT2D eigenvalue weighted by Crippen LogP contribution is 2.27. The van der Waals surface area contributed by atoms with Gasteiger partial charge in [-0.25, -0.2) is 14.8 Å². The fourth-order valence-electron chi connectivity index (χ4n) is 4.03. The number of likely N-dealkylation sites (tertiary alicyclic amines) is 1. The van der Waals surface area contributed by atoms with Crippen molar-refractivity contribution >= 4 is 11.9 Å². The number of rotatable bonds is 8. The van der Waals surface area contributed by atoms with Crippen molar-refractivity contribution in [2.45, 2.75) is 45.7 Å². The van der Waals surface area contributed by atoms with Gasteiger partial charge in [-0.2, -0.15) is 4.98 Å². The summed E-state index contributed by atoms with van der Waals surface area (Å²) in [4.78, 5) is 29.1. The van der Waals surface area contributed by atoms with E-state index in [9.17, 15) is 4.79 Å². The van der Waals surface area contributed by atoms with Crippen molar-refractivity contribution < 1.29 is 14.1 Å². The third-order valence-corrected chi connectivity index (χ3v) is 5.79. The first kappa shape index (κ1) is 22.8. The molecule has 0 aliphatic carbocycles. The van der Waals surface area contributed by atoms with Crippen LogP contribution in [0.5, 0.6) is 0 Å². The van der Waals surface area contributed by atoms with E-state index in [2.05, 4.69) is 56.2 Å². The standard InChI is InChI=1S/C24H30N6O3/c1-4-32-23(31)20-13-25-24(26-14-20)29(3)16-21-27-22(28-33-21)19-8-10-30(11-9-19)15-18-7-5-6-17(2)12-18/h5-7,12-14,19H,4,8-11,15-16H2,1-3H3. The molecule has 2 aromatic heterocycles. The summed E-state index contributed by atoms with van der Waals surface area (Å²) < 4.78 is 10.4. The number of hydrogen-bond acceptors (Lipinski definition) is 9. The molecule has 3 heterocycles. The second kappa shape index (κ2) is 10.5. The van der Waals surface area contributed by atoms with Crippen LogP contribution in [-0.2, 0) is 17.8 Å². The average Bonchev–Trinajstić information content (AvgIpc) is 3.28. The van der Waals surface area contributed by atoms with Crippen LogP contribution in [0.1, 0.15) is 58.9 Å². The van der Waals surface area contributed by atoms with E-state index in [4.69, 9.17) is 9.26 Å². The van der Waals surface area contributed by atoms with E-state index in [0.717, 1.165) is 38.3 Å². The summed E-state index contributed by atoms with van der Waals surface area (Å²) in [5.74, 6) is 1.63. The van der Waals surface area contributed by atoms with E-state index in [-0.39, 0.29) is 0 Å². The summed E-state index contributed by atoms with van der Waals surface area (Å²) >= 11 is 0. The first-order valence-electron chi connectivity index (χ1n) is 11.3. The van der Waals surface area contributed by atoms with Crippen molar-refractivity contribution in [3.05, 3.63) is 65.1 Å². The molecular formula is C24H30N6O3. The third kappa shape index (κ3) is 5.92. The Labute approximate surface area is 193 Å². The van der Waals surface area contributed by atoms with Crippen LogP contribution in [0.3, 0.4) is 0 Å². The molecule has 1 aliphatic rings. The lowest BCUT2D eigenvalue weighted by atomic mass is 9.96. The smallest absolute Gasteiger partial charge is 0.341 e. The first-order valence-corrected chi connectivity index (χ1v) is 11.3. The van der Waals surface area contributed by atoms with Crippen LogP contribution in [0.2, 0.25) is 0 Å². The van der Waals surface area contributed by atoms with E-state index in [1.807, 2.05) is 7.05 Å². The van der Waals surface area contributed by atoms with E-state index in [1.54, 1.807) is 11.8 Å². The third-order valence-electron chi connectivity index (χ3n) is 5.79. The van der Waals surface area contributed by atoms with Crippen LogP contribution < -0.4 is 4.90 Å². The minimum absolute atomic E-state index is 0.307. The predicted octanol–water partition coefficient (Wildman–Crippen LogP) is 3.36. The number of piperidine rings is 1. The molecule has 0 bridgehead atoms. The van der Waals surface area contributed by atoms with Crippen LogP contribution in [0, 0.1) is 6.92 Å². The van der Waals surface area contributed by atoms with Crippen molar-refractivity contribution in [2.75, 3.05) is 31.6 Å². The van der Waals surface area contributed by atoms with Crippen molar-refractivity contribution in [3.8, 4) is 0 Å². The number of carbonyl (C=O) groups excluding carboxylic acids is 1. The summed E-state index contributed by atoms with van der Waals surface area (Å²) in [6.07, 6.45) is 4.94. The topological polar surface area (TPSA) is 97.5 Å². The van der Waals surface area contributed by atoms with Crippen LogP contribution in [-0.4, -0.2) is 57.7 Å². The number of carbonyl (C=O) groups is 1. The number of esters is 1. The summed E-state index contributed by atoms with van der Waals surface area (Å²) in [5, 5.41) is 4.23. The Morgan fingerprint density at radius 2 is 2.00 bits per heavy atom. The SMILES string of the molecule is CCOC(=O)c1cnc(N(C)Cc2nc(C3CCN(Cc4cccc(C)c4)CC3)no2)nc1. The molecule has 0 unspecified atom stereocenters. The van der Waals surface area contributed by atoms with Crippen molar-refractivity contribution in [1.82, 2.24) is 25.0 Å². The Kier molecular flexibility index (Phi) is 7.29. The van der Waals surface area contributed by atoms with Crippen LogP contribution in [0.4, 0.5) is 5.95 Å². The number of ether oxygens (including phenoxy) is 1. The van der Waals surface area contributed by atoms with E-state index in [0.29, 0.717) is 36.5 Å². The molecule has 1 aromatic carbocycles. The molecule has 0 saturated carbocycles. The highest BCUT2D eigenvalue weighted by Gasteiger charge is 2.25.